The highest BCUT2D eigenvalue weighted by Gasteiger charge is 2.18. The lowest BCUT2D eigenvalue weighted by Crippen LogP contribution is -2.25. The van der Waals surface area contributed by atoms with Crippen LogP contribution in [0.15, 0.2) is 18.2 Å². The van der Waals surface area contributed by atoms with Crippen LogP contribution in [0.4, 0.5) is 11.4 Å². The monoisotopic (exact) mass is 250 g/mol. The molecule has 4 nitrogen and oxygen atoms in total. The van der Waals surface area contributed by atoms with E-state index in [2.05, 4.69) is 17.0 Å². The molecule has 0 aliphatic carbocycles. The number of fused-ring (bicyclic) bond motifs is 1. The maximum atomic E-state index is 5.83. The van der Waals surface area contributed by atoms with Gasteiger partial charge in [-0.25, -0.2) is 0 Å². The predicted molar refractivity (Wildman–Crippen MR) is 74.1 cm³/mol. The van der Waals surface area contributed by atoms with Crippen molar-refractivity contribution in [2.24, 2.45) is 0 Å². The van der Waals surface area contributed by atoms with Crippen LogP contribution in [0.1, 0.15) is 12.0 Å². The number of nitrogen functional groups attached to an aromatic ring is 1. The van der Waals surface area contributed by atoms with Crippen molar-refractivity contribution in [3.05, 3.63) is 23.8 Å². The van der Waals surface area contributed by atoms with E-state index in [1.54, 1.807) is 7.11 Å². The molecule has 0 saturated carbocycles. The number of hydrogen-bond donors (Lipinski definition) is 1. The van der Waals surface area contributed by atoms with Crippen molar-refractivity contribution in [2.75, 3.05) is 50.7 Å². The van der Waals surface area contributed by atoms with Gasteiger partial charge in [-0.15, -0.1) is 0 Å². The molecule has 0 bridgehead atoms. The largest absolute Gasteiger partial charge is 0.399 e. The number of nitrogens with two attached hydrogens (primary N) is 1. The standard InChI is InChI=1S/C14H22N2O2/c1-17-8-2-9-18-10-7-16-6-5-12-3-4-13(15)11-14(12)16/h3-4,11H,2,5-10,15H2,1H3. The summed E-state index contributed by atoms with van der Waals surface area (Å²) in [5.41, 5.74) is 9.33. The van der Waals surface area contributed by atoms with Gasteiger partial charge in [0, 0.05) is 44.8 Å². The molecular weight excluding hydrogens is 228 g/mol. The Morgan fingerprint density at radius 1 is 1.28 bits per heavy atom. The Kier molecular flexibility index (Phi) is 4.84. The molecule has 0 saturated heterocycles. The molecule has 0 unspecified atom stereocenters. The van der Waals surface area contributed by atoms with Gasteiger partial charge < -0.3 is 20.1 Å². The fraction of sp³-hybridized carbons (Fsp3) is 0.571. The normalized spacial score (nSPS) is 13.9. The number of nitrogens with zero attached hydrogens (tertiary/aromatic N) is 1. The molecule has 2 N–H and O–H groups in total. The molecule has 1 aromatic carbocycles. The number of methoxy groups -OCH3 is 1. The first-order valence-corrected chi connectivity index (χ1v) is 6.51. The maximum Gasteiger partial charge on any atom is 0.0641 e. The van der Waals surface area contributed by atoms with Crippen molar-refractivity contribution in [3.63, 3.8) is 0 Å². The minimum Gasteiger partial charge on any atom is -0.399 e. The van der Waals surface area contributed by atoms with Gasteiger partial charge in [0.1, 0.15) is 0 Å². The van der Waals surface area contributed by atoms with Crippen molar-refractivity contribution < 1.29 is 9.47 Å². The quantitative estimate of drug-likeness (QED) is 0.591. The second-order valence-electron chi connectivity index (χ2n) is 4.58. The molecule has 0 aromatic heterocycles. The number of rotatable bonds is 7. The number of anilines is 2. The maximum absolute atomic E-state index is 5.83. The summed E-state index contributed by atoms with van der Waals surface area (Å²) in [5.74, 6) is 0. The fourth-order valence-electron chi connectivity index (χ4n) is 2.28. The van der Waals surface area contributed by atoms with Crippen LogP contribution < -0.4 is 10.6 Å². The lowest BCUT2D eigenvalue weighted by atomic mass is 10.1. The van der Waals surface area contributed by atoms with Crippen LogP contribution in [0.25, 0.3) is 0 Å². The Balaban J connectivity index is 1.74. The van der Waals surface area contributed by atoms with E-state index in [4.69, 9.17) is 15.2 Å². The van der Waals surface area contributed by atoms with E-state index >= 15 is 0 Å². The van der Waals surface area contributed by atoms with Crippen LogP contribution in [0, 0.1) is 0 Å². The van der Waals surface area contributed by atoms with Crippen molar-refractivity contribution in [1.82, 2.24) is 0 Å². The molecule has 2 rings (SSSR count). The third-order valence-electron chi connectivity index (χ3n) is 3.24. The molecule has 1 aromatic rings. The van der Waals surface area contributed by atoms with E-state index in [1.807, 2.05) is 6.07 Å². The summed E-state index contributed by atoms with van der Waals surface area (Å²) >= 11 is 0. The van der Waals surface area contributed by atoms with Crippen molar-refractivity contribution in [1.29, 1.82) is 0 Å². The summed E-state index contributed by atoms with van der Waals surface area (Å²) in [6.07, 6.45) is 2.07. The van der Waals surface area contributed by atoms with E-state index in [0.717, 1.165) is 51.4 Å². The van der Waals surface area contributed by atoms with Gasteiger partial charge in [-0.2, -0.15) is 0 Å². The summed E-state index contributed by atoms with van der Waals surface area (Å²) in [7, 11) is 1.71. The Hall–Kier alpha value is -1.26. The minimum atomic E-state index is 0.762. The highest BCUT2D eigenvalue weighted by molar-refractivity contribution is 5.64. The third kappa shape index (κ3) is 3.37. The number of hydrogen-bond acceptors (Lipinski definition) is 4. The molecule has 100 valence electrons. The summed E-state index contributed by atoms with van der Waals surface area (Å²) in [5, 5.41) is 0. The first-order chi connectivity index (χ1) is 8.81. The lowest BCUT2D eigenvalue weighted by molar-refractivity contribution is 0.107. The fourth-order valence-corrected chi connectivity index (χ4v) is 2.28. The molecule has 1 aliphatic heterocycles. The average molecular weight is 250 g/mol. The van der Waals surface area contributed by atoms with Gasteiger partial charge in [0.2, 0.25) is 0 Å². The van der Waals surface area contributed by atoms with Gasteiger partial charge in [0.05, 0.1) is 6.61 Å². The van der Waals surface area contributed by atoms with Crippen LogP contribution >= 0.6 is 0 Å². The minimum absolute atomic E-state index is 0.762. The van der Waals surface area contributed by atoms with Crippen LogP contribution in [0.3, 0.4) is 0 Å². The Morgan fingerprint density at radius 2 is 2.17 bits per heavy atom. The molecule has 0 atom stereocenters. The summed E-state index contributed by atoms with van der Waals surface area (Å²) in [6, 6.07) is 6.17. The summed E-state index contributed by atoms with van der Waals surface area (Å²) in [4.78, 5) is 2.35. The molecular formula is C14H22N2O2. The van der Waals surface area contributed by atoms with E-state index in [9.17, 15) is 0 Å². The Labute approximate surface area is 109 Å². The van der Waals surface area contributed by atoms with Gasteiger partial charge in [0.25, 0.3) is 0 Å². The van der Waals surface area contributed by atoms with Gasteiger partial charge in [-0.3, -0.25) is 0 Å². The topological polar surface area (TPSA) is 47.7 Å². The molecule has 0 radical (unpaired) electrons. The van der Waals surface area contributed by atoms with Crippen LogP contribution in [-0.2, 0) is 15.9 Å². The van der Waals surface area contributed by atoms with Crippen molar-refractivity contribution in [3.8, 4) is 0 Å². The molecule has 4 heteroatoms. The molecule has 0 fully saturated rings. The summed E-state index contributed by atoms with van der Waals surface area (Å²) in [6.45, 7) is 4.30. The lowest BCUT2D eigenvalue weighted by Gasteiger charge is -2.19. The van der Waals surface area contributed by atoms with Crippen LogP contribution in [-0.4, -0.2) is 40.0 Å². The number of benzene rings is 1. The van der Waals surface area contributed by atoms with E-state index in [1.165, 1.54) is 11.3 Å². The second-order valence-corrected chi connectivity index (χ2v) is 4.58. The summed E-state index contributed by atoms with van der Waals surface area (Å²) < 4.78 is 10.6. The van der Waals surface area contributed by atoms with Crippen LogP contribution in [0.2, 0.25) is 0 Å². The van der Waals surface area contributed by atoms with Gasteiger partial charge >= 0.3 is 0 Å². The highest BCUT2D eigenvalue weighted by Crippen LogP contribution is 2.29. The van der Waals surface area contributed by atoms with Crippen LogP contribution in [0.5, 0.6) is 0 Å². The van der Waals surface area contributed by atoms with E-state index < -0.39 is 0 Å². The molecule has 1 heterocycles. The zero-order chi connectivity index (χ0) is 12.8. The first kappa shape index (κ1) is 13.2. The van der Waals surface area contributed by atoms with Crippen molar-refractivity contribution >= 4 is 11.4 Å². The molecule has 18 heavy (non-hydrogen) atoms. The molecule has 1 aliphatic rings. The predicted octanol–water partition coefficient (Wildman–Crippen LogP) is 1.68. The van der Waals surface area contributed by atoms with Gasteiger partial charge in [-0.1, -0.05) is 6.07 Å². The van der Waals surface area contributed by atoms with Gasteiger partial charge in [0.15, 0.2) is 0 Å². The zero-order valence-corrected chi connectivity index (χ0v) is 11.0. The SMILES string of the molecule is COCCCOCCN1CCc2ccc(N)cc21. The third-order valence-corrected chi connectivity index (χ3v) is 3.24. The average Bonchev–Trinajstić information content (AvgIpc) is 2.76. The Morgan fingerprint density at radius 3 is 3.00 bits per heavy atom. The smallest absolute Gasteiger partial charge is 0.0641 e. The second kappa shape index (κ2) is 6.61. The molecule has 0 spiro atoms. The Bertz CT molecular complexity index is 382. The highest BCUT2D eigenvalue weighted by atomic mass is 16.5. The number of ether oxygens (including phenoxy) is 2. The zero-order valence-electron chi connectivity index (χ0n) is 11.0. The van der Waals surface area contributed by atoms with E-state index in [-0.39, 0.29) is 0 Å². The first-order valence-electron chi connectivity index (χ1n) is 6.51. The van der Waals surface area contributed by atoms with Crippen molar-refractivity contribution in [2.45, 2.75) is 12.8 Å². The molecule has 0 amide bonds. The van der Waals surface area contributed by atoms with Gasteiger partial charge in [-0.05, 0) is 30.5 Å². The van der Waals surface area contributed by atoms with E-state index in [0.29, 0.717) is 0 Å².